The Kier molecular flexibility index (Phi) is 7.40. The van der Waals surface area contributed by atoms with E-state index in [2.05, 4.69) is 34.9 Å². The van der Waals surface area contributed by atoms with E-state index in [0.717, 1.165) is 49.9 Å². The zero-order valence-electron chi connectivity index (χ0n) is 14.9. The lowest BCUT2D eigenvalue weighted by Crippen LogP contribution is -2.26. The Morgan fingerprint density at radius 2 is 1.29 bits per heavy atom. The van der Waals surface area contributed by atoms with E-state index in [1.165, 1.54) is 12.8 Å². The molecule has 2 amide bonds. The van der Waals surface area contributed by atoms with E-state index in [4.69, 9.17) is 0 Å². The van der Waals surface area contributed by atoms with Crippen molar-refractivity contribution in [2.45, 2.75) is 78.1 Å². The van der Waals surface area contributed by atoms with Gasteiger partial charge in [0.2, 0.25) is 11.8 Å². The molecular formula is C18H30N4O2. The molecule has 2 aliphatic carbocycles. The molecule has 6 heteroatoms. The van der Waals surface area contributed by atoms with Gasteiger partial charge in [0.25, 0.3) is 0 Å². The lowest BCUT2D eigenvalue weighted by Gasteiger charge is -2.19. The smallest absolute Gasteiger partial charge is 0.240 e. The van der Waals surface area contributed by atoms with Crippen LogP contribution in [-0.4, -0.2) is 23.2 Å². The van der Waals surface area contributed by atoms with E-state index < -0.39 is 0 Å². The Labute approximate surface area is 144 Å². The lowest BCUT2D eigenvalue weighted by atomic mass is 9.89. The summed E-state index contributed by atoms with van der Waals surface area (Å²) >= 11 is 0. The van der Waals surface area contributed by atoms with E-state index in [1.54, 1.807) is 0 Å². The highest BCUT2D eigenvalue weighted by molar-refractivity contribution is 5.89. The van der Waals surface area contributed by atoms with Crippen molar-refractivity contribution >= 4 is 23.2 Å². The molecule has 0 unspecified atom stereocenters. The first-order chi connectivity index (χ1) is 11.5. The van der Waals surface area contributed by atoms with E-state index in [9.17, 15) is 9.59 Å². The first-order valence-electron chi connectivity index (χ1n) is 9.21. The zero-order chi connectivity index (χ0) is 17.4. The average molecular weight is 334 g/mol. The van der Waals surface area contributed by atoms with Gasteiger partial charge < -0.3 is 0 Å². The molecule has 0 spiro atoms. The van der Waals surface area contributed by atoms with Gasteiger partial charge in [-0.1, -0.05) is 13.8 Å². The fraction of sp³-hybridized carbons (Fsp3) is 0.778. The maximum Gasteiger partial charge on any atom is 0.240 e. The standard InChI is InChI=1S/C18H30N4O2/c1-13-5-3-7-15(11-13)19-21-17(23)9-10-18(24)22-20-16-8-4-6-14(2)12-16/h13-14H,3-12H2,1-2H3,(H,21,23)(H,22,24)/b19-15+,20-16+/t13-,14-/m0/s1. The second-order valence-electron chi connectivity index (χ2n) is 7.33. The maximum absolute atomic E-state index is 11.8. The Balaban J connectivity index is 1.65. The van der Waals surface area contributed by atoms with Gasteiger partial charge in [-0.2, -0.15) is 10.2 Å². The highest BCUT2D eigenvalue weighted by atomic mass is 16.2. The molecule has 6 nitrogen and oxygen atoms in total. The van der Waals surface area contributed by atoms with Crippen LogP contribution >= 0.6 is 0 Å². The van der Waals surface area contributed by atoms with Crippen LogP contribution in [0.4, 0.5) is 0 Å². The third-order valence-electron chi connectivity index (χ3n) is 4.75. The summed E-state index contributed by atoms with van der Waals surface area (Å²) in [5.74, 6) is 0.855. The van der Waals surface area contributed by atoms with Crippen molar-refractivity contribution in [3.63, 3.8) is 0 Å². The minimum absolute atomic E-state index is 0.138. The number of nitrogens with zero attached hydrogens (tertiary/aromatic N) is 2. The summed E-state index contributed by atoms with van der Waals surface area (Å²) in [6.45, 7) is 4.41. The Bertz CT molecular complexity index is 467. The molecule has 2 aliphatic rings. The van der Waals surface area contributed by atoms with Gasteiger partial charge in [0.05, 0.1) is 0 Å². The predicted octanol–water partition coefficient (Wildman–Crippen LogP) is 3.13. The first-order valence-corrected chi connectivity index (χ1v) is 9.21. The van der Waals surface area contributed by atoms with Crippen LogP contribution in [-0.2, 0) is 9.59 Å². The average Bonchev–Trinajstić information content (AvgIpc) is 2.56. The van der Waals surface area contributed by atoms with Gasteiger partial charge in [0.1, 0.15) is 0 Å². The van der Waals surface area contributed by atoms with E-state index in [1.807, 2.05) is 0 Å². The van der Waals surface area contributed by atoms with Crippen LogP contribution in [0.25, 0.3) is 0 Å². The van der Waals surface area contributed by atoms with Crippen LogP contribution in [0.5, 0.6) is 0 Å². The first kappa shape index (κ1) is 18.6. The van der Waals surface area contributed by atoms with Crippen molar-refractivity contribution in [1.82, 2.24) is 10.9 Å². The van der Waals surface area contributed by atoms with Crippen molar-refractivity contribution in [3.05, 3.63) is 0 Å². The Morgan fingerprint density at radius 3 is 1.67 bits per heavy atom. The van der Waals surface area contributed by atoms with Gasteiger partial charge in [-0.25, -0.2) is 10.9 Å². The summed E-state index contributed by atoms with van der Waals surface area (Å²) in [7, 11) is 0. The van der Waals surface area contributed by atoms with Crippen molar-refractivity contribution in [2.75, 3.05) is 0 Å². The molecule has 0 aromatic heterocycles. The molecular weight excluding hydrogens is 304 g/mol. The fourth-order valence-corrected chi connectivity index (χ4v) is 3.35. The van der Waals surface area contributed by atoms with E-state index >= 15 is 0 Å². The summed E-state index contributed by atoms with van der Waals surface area (Å²) in [6, 6.07) is 0. The molecule has 0 heterocycles. The fourth-order valence-electron chi connectivity index (χ4n) is 3.35. The van der Waals surface area contributed by atoms with E-state index in [0.29, 0.717) is 11.8 Å². The topological polar surface area (TPSA) is 82.9 Å². The third kappa shape index (κ3) is 6.81. The second-order valence-corrected chi connectivity index (χ2v) is 7.33. The molecule has 0 aromatic rings. The normalized spacial score (nSPS) is 27.9. The molecule has 0 aliphatic heterocycles. The Hall–Kier alpha value is -1.72. The molecule has 2 N–H and O–H groups in total. The van der Waals surface area contributed by atoms with Crippen LogP contribution in [0.3, 0.4) is 0 Å². The largest absolute Gasteiger partial charge is 0.273 e. The van der Waals surface area contributed by atoms with Crippen molar-refractivity contribution in [1.29, 1.82) is 0 Å². The van der Waals surface area contributed by atoms with Crippen LogP contribution in [0.15, 0.2) is 10.2 Å². The van der Waals surface area contributed by atoms with Crippen LogP contribution < -0.4 is 10.9 Å². The minimum Gasteiger partial charge on any atom is -0.273 e. The molecule has 2 atom stereocenters. The number of hydrogen-bond donors (Lipinski definition) is 2. The quantitative estimate of drug-likeness (QED) is 0.757. The van der Waals surface area contributed by atoms with Gasteiger partial charge in [-0.3, -0.25) is 9.59 Å². The maximum atomic E-state index is 11.8. The highest BCUT2D eigenvalue weighted by Crippen LogP contribution is 2.21. The summed E-state index contributed by atoms with van der Waals surface area (Å²) in [6.07, 6.45) is 8.84. The minimum atomic E-state index is -0.213. The molecule has 0 radical (unpaired) electrons. The summed E-state index contributed by atoms with van der Waals surface area (Å²) in [4.78, 5) is 23.6. The van der Waals surface area contributed by atoms with Gasteiger partial charge >= 0.3 is 0 Å². The van der Waals surface area contributed by atoms with Gasteiger partial charge in [0, 0.05) is 24.3 Å². The van der Waals surface area contributed by atoms with Crippen molar-refractivity contribution in [3.8, 4) is 0 Å². The number of rotatable bonds is 5. The van der Waals surface area contributed by atoms with Crippen molar-refractivity contribution in [2.24, 2.45) is 22.0 Å². The second kappa shape index (κ2) is 9.55. The summed E-state index contributed by atoms with van der Waals surface area (Å²) < 4.78 is 0. The van der Waals surface area contributed by atoms with Gasteiger partial charge in [-0.15, -0.1) is 0 Å². The van der Waals surface area contributed by atoms with E-state index in [-0.39, 0.29) is 24.7 Å². The van der Waals surface area contributed by atoms with Crippen molar-refractivity contribution < 1.29 is 9.59 Å². The predicted molar refractivity (Wildman–Crippen MR) is 95.7 cm³/mol. The molecule has 0 aromatic carbocycles. The molecule has 134 valence electrons. The number of carbonyl (C=O) groups is 2. The van der Waals surface area contributed by atoms with Gasteiger partial charge in [0.15, 0.2) is 0 Å². The van der Waals surface area contributed by atoms with Crippen LogP contribution in [0.2, 0.25) is 0 Å². The summed E-state index contributed by atoms with van der Waals surface area (Å²) in [5.41, 5.74) is 7.26. The molecule has 2 rings (SSSR count). The number of hydrazone groups is 2. The number of hydrogen-bond acceptors (Lipinski definition) is 4. The molecule has 2 saturated carbocycles. The van der Waals surface area contributed by atoms with Crippen LogP contribution in [0.1, 0.15) is 78.1 Å². The number of amides is 2. The SMILES string of the molecule is C[C@H]1CCC/C(=N\NC(=O)CCC(=O)N/N=C2\CCC[C@H](C)C2)C1. The molecule has 0 bridgehead atoms. The highest BCUT2D eigenvalue weighted by Gasteiger charge is 2.15. The molecule has 0 saturated heterocycles. The molecule has 24 heavy (non-hydrogen) atoms. The lowest BCUT2D eigenvalue weighted by molar-refractivity contribution is -0.126. The van der Waals surface area contributed by atoms with Crippen LogP contribution in [0, 0.1) is 11.8 Å². The monoisotopic (exact) mass is 334 g/mol. The molecule has 2 fully saturated rings. The third-order valence-corrected chi connectivity index (χ3v) is 4.75. The summed E-state index contributed by atoms with van der Waals surface area (Å²) in [5, 5.41) is 8.39. The number of carbonyl (C=O) groups excluding carboxylic acids is 2. The Morgan fingerprint density at radius 1 is 0.875 bits per heavy atom. The van der Waals surface area contributed by atoms with Gasteiger partial charge in [-0.05, 0) is 63.2 Å². The number of nitrogens with one attached hydrogen (secondary N) is 2. The zero-order valence-corrected chi connectivity index (χ0v) is 14.9.